The number of hydrogen-bond acceptors (Lipinski definition) is 2. The van der Waals surface area contributed by atoms with Crippen LogP contribution in [0.4, 0.5) is 5.69 Å². The first-order valence-corrected chi connectivity index (χ1v) is 7.32. The van der Waals surface area contributed by atoms with E-state index in [-0.39, 0.29) is 5.91 Å². The summed E-state index contributed by atoms with van der Waals surface area (Å²) in [5.41, 5.74) is 7.13. The van der Waals surface area contributed by atoms with Gasteiger partial charge in [0.1, 0.15) is 0 Å². The molecule has 0 saturated carbocycles. The van der Waals surface area contributed by atoms with Gasteiger partial charge < -0.3 is 10.6 Å². The van der Waals surface area contributed by atoms with Crippen LogP contribution in [0.3, 0.4) is 0 Å². The van der Waals surface area contributed by atoms with Crippen molar-refractivity contribution in [1.82, 2.24) is 4.90 Å². The molecule has 3 nitrogen and oxygen atoms in total. The van der Waals surface area contributed by atoms with Crippen molar-refractivity contribution in [2.75, 3.05) is 18.8 Å². The molecule has 1 aliphatic heterocycles. The van der Waals surface area contributed by atoms with Crippen molar-refractivity contribution in [3.8, 4) is 0 Å². The summed E-state index contributed by atoms with van der Waals surface area (Å²) in [5.74, 6) is 0.123. The zero-order valence-corrected chi connectivity index (χ0v) is 12.1. The quantitative estimate of drug-likeness (QED) is 0.808. The van der Waals surface area contributed by atoms with E-state index >= 15 is 0 Å². The molecule has 1 aromatic carbocycles. The van der Waals surface area contributed by atoms with Crippen LogP contribution in [0.5, 0.6) is 0 Å². The van der Waals surface area contributed by atoms with Crippen molar-refractivity contribution in [3.63, 3.8) is 0 Å². The van der Waals surface area contributed by atoms with E-state index in [9.17, 15) is 4.79 Å². The Bertz CT molecular complexity index is 426. The highest BCUT2D eigenvalue weighted by atomic mass is 79.9. The Hall–Kier alpha value is -1.03. The van der Waals surface area contributed by atoms with E-state index in [4.69, 9.17) is 5.73 Å². The maximum absolute atomic E-state index is 12.4. The molecule has 2 N–H and O–H groups in total. The molecular weight excluding hydrogens is 292 g/mol. The van der Waals surface area contributed by atoms with E-state index in [1.165, 1.54) is 19.3 Å². The number of rotatable bonds is 1. The van der Waals surface area contributed by atoms with E-state index in [1.54, 1.807) is 12.1 Å². The van der Waals surface area contributed by atoms with Crippen LogP contribution in [-0.2, 0) is 0 Å². The average molecular weight is 311 g/mol. The summed E-state index contributed by atoms with van der Waals surface area (Å²) < 4.78 is 0.792. The minimum absolute atomic E-state index is 0.123. The third kappa shape index (κ3) is 3.25. The zero-order chi connectivity index (χ0) is 13.0. The molecule has 98 valence electrons. The SMILES string of the molecule is Nc1ccc(C(=O)N2CCCCCCC2)cc1Br. The number of nitrogen functional groups attached to an aromatic ring is 1. The van der Waals surface area contributed by atoms with Crippen LogP contribution >= 0.6 is 15.9 Å². The van der Waals surface area contributed by atoms with Gasteiger partial charge in [-0.3, -0.25) is 4.79 Å². The van der Waals surface area contributed by atoms with Gasteiger partial charge in [0, 0.05) is 28.8 Å². The molecule has 1 heterocycles. The summed E-state index contributed by atoms with van der Waals surface area (Å²) in [5, 5.41) is 0. The fourth-order valence-electron chi connectivity index (χ4n) is 2.29. The van der Waals surface area contributed by atoms with Gasteiger partial charge in [0.05, 0.1) is 0 Å². The lowest BCUT2D eigenvalue weighted by atomic mass is 10.1. The van der Waals surface area contributed by atoms with Gasteiger partial charge >= 0.3 is 0 Å². The second-order valence-corrected chi connectivity index (χ2v) is 5.65. The van der Waals surface area contributed by atoms with Crippen LogP contribution in [0, 0.1) is 0 Å². The fourth-order valence-corrected chi connectivity index (χ4v) is 2.67. The summed E-state index contributed by atoms with van der Waals surface area (Å²) in [6, 6.07) is 5.40. The summed E-state index contributed by atoms with van der Waals surface area (Å²) >= 11 is 3.37. The number of nitrogens with zero attached hydrogens (tertiary/aromatic N) is 1. The molecule has 0 unspecified atom stereocenters. The highest BCUT2D eigenvalue weighted by molar-refractivity contribution is 9.10. The number of anilines is 1. The minimum Gasteiger partial charge on any atom is -0.398 e. The van der Waals surface area contributed by atoms with Gasteiger partial charge in [-0.25, -0.2) is 0 Å². The molecule has 2 rings (SSSR count). The lowest BCUT2D eigenvalue weighted by Crippen LogP contribution is -2.33. The topological polar surface area (TPSA) is 46.3 Å². The predicted molar refractivity (Wildman–Crippen MR) is 77.5 cm³/mol. The average Bonchev–Trinajstić information content (AvgIpc) is 2.31. The molecule has 0 spiro atoms. The number of benzene rings is 1. The molecule has 18 heavy (non-hydrogen) atoms. The standard InChI is InChI=1S/C14H19BrN2O/c15-12-10-11(6-7-13(12)16)14(18)17-8-4-2-1-3-5-9-17/h6-7,10H,1-5,8-9,16H2. The lowest BCUT2D eigenvalue weighted by Gasteiger charge is -2.25. The Kier molecular flexibility index (Phi) is 4.64. The number of hydrogen-bond donors (Lipinski definition) is 1. The van der Waals surface area contributed by atoms with Gasteiger partial charge in [-0.05, 0) is 47.0 Å². The number of nitrogens with two attached hydrogens (primary N) is 1. The Morgan fingerprint density at radius 1 is 1.11 bits per heavy atom. The van der Waals surface area contributed by atoms with Gasteiger partial charge in [-0.2, -0.15) is 0 Å². The number of carbonyl (C=O) groups excluding carboxylic acids is 1. The first-order chi connectivity index (χ1) is 8.68. The molecular formula is C14H19BrN2O. The highest BCUT2D eigenvalue weighted by Crippen LogP contribution is 2.22. The Labute approximate surface area is 116 Å². The van der Waals surface area contributed by atoms with Crippen LogP contribution in [0.1, 0.15) is 42.5 Å². The van der Waals surface area contributed by atoms with E-state index in [0.29, 0.717) is 5.69 Å². The van der Waals surface area contributed by atoms with Crippen LogP contribution in [0.2, 0.25) is 0 Å². The summed E-state index contributed by atoms with van der Waals surface area (Å²) in [6.45, 7) is 1.75. The summed E-state index contributed by atoms with van der Waals surface area (Å²) in [7, 11) is 0. The Balaban J connectivity index is 2.10. The molecule has 1 fully saturated rings. The second-order valence-electron chi connectivity index (χ2n) is 4.80. The molecule has 0 radical (unpaired) electrons. The first-order valence-electron chi connectivity index (χ1n) is 6.53. The molecule has 1 saturated heterocycles. The molecule has 0 atom stereocenters. The fraction of sp³-hybridized carbons (Fsp3) is 0.500. The first kappa shape index (κ1) is 13.4. The Morgan fingerprint density at radius 3 is 2.33 bits per heavy atom. The van der Waals surface area contributed by atoms with E-state index in [0.717, 1.165) is 36.0 Å². The molecule has 0 aliphatic carbocycles. The smallest absolute Gasteiger partial charge is 0.253 e. The molecule has 1 aliphatic rings. The number of likely N-dealkylation sites (tertiary alicyclic amines) is 1. The molecule has 1 amide bonds. The maximum Gasteiger partial charge on any atom is 0.253 e. The van der Waals surface area contributed by atoms with Crippen LogP contribution in [0.15, 0.2) is 22.7 Å². The normalized spacial score (nSPS) is 17.1. The largest absolute Gasteiger partial charge is 0.398 e. The van der Waals surface area contributed by atoms with E-state index in [2.05, 4.69) is 15.9 Å². The minimum atomic E-state index is 0.123. The number of halogens is 1. The highest BCUT2D eigenvalue weighted by Gasteiger charge is 2.17. The van der Waals surface area contributed by atoms with Crippen molar-refractivity contribution in [1.29, 1.82) is 0 Å². The van der Waals surface area contributed by atoms with Crippen molar-refractivity contribution in [3.05, 3.63) is 28.2 Å². The van der Waals surface area contributed by atoms with Gasteiger partial charge in [0.2, 0.25) is 0 Å². The third-order valence-corrected chi connectivity index (χ3v) is 4.08. The van der Waals surface area contributed by atoms with Crippen LogP contribution in [-0.4, -0.2) is 23.9 Å². The van der Waals surface area contributed by atoms with Crippen molar-refractivity contribution in [2.24, 2.45) is 0 Å². The predicted octanol–water partition coefficient (Wildman–Crippen LogP) is 3.44. The Morgan fingerprint density at radius 2 is 1.72 bits per heavy atom. The summed E-state index contributed by atoms with van der Waals surface area (Å²) in [6.07, 6.45) is 5.99. The molecule has 0 aromatic heterocycles. The third-order valence-electron chi connectivity index (χ3n) is 3.39. The van der Waals surface area contributed by atoms with Crippen molar-refractivity contribution in [2.45, 2.75) is 32.1 Å². The molecule has 4 heteroatoms. The van der Waals surface area contributed by atoms with Gasteiger partial charge in [0.15, 0.2) is 0 Å². The van der Waals surface area contributed by atoms with Crippen LogP contribution < -0.4 is 5.73 Å². The summed E-state index contributed by atoms with van der Waals surface area (Å²) in [4.78, 5) is 14.4. The molecule has 1 aromatic rings. The molecule has 0 bridgehead atoms. The maximum atomic E-state index is 12.4. The van der Waals surface area contributed by atoms with E-state index in [1.807, 2.05) is 11.0 Å². The van der Waals surface area contributed by atoms with Crippen molar-refractivity contribution < 1.29 is 4.79 Å². The van der Waals surface area contributed by atoms with E-state index < -0.39 is 0 Å². The van der Waals surface area contributed by atoms with Gasteiger partial charge in [-0.1, -0.05) is 19.3 Å². The lowest BCUT2D eigenvalue weighted by molar-refractivity contribution is 0.0742. The monoisotopic (exact) mass is 310 g/mol. The van der Waals surface area contributed by atoms with Crippen molar-refractivity contribution >= 4 is 27.5 Å². The van der Waals surface area contributed by atoms with Crippen LogP contribution in [0.25, 0.3) is 0 Å². The van der Waals surface area contributed by atoms with Gasteiger partial charge in [0.25, 0.3) is 5.91 Å². The van der Waals surface area contributed by atoms with Gasteiger partial charge in [-0.15, -0.1) is 0 Å². The second kappa shape index (κ2) is 6.23. The number of amides is 1. The zero-order valence-electron chi connectivity index (χ0n) is 10.5. The number of carbonyl (C=O) groups is 1.